The van der Waals surface area contributed by atoms with Crippen molar-refractivity contribution in [2.75, 3.05) is 20.6 Å². The fourth-order valence-electron chi connectivity index (χ4n) is 2.36. The van der Waals surface area contributed by atoms with Crippen LogP contribution in [0.5, 0.6) is 6.01 Å². The minimum atomic E-state index is -3.56. The van der Waals surface area contributed by atoms with E-state index in [1.807, 2.05) is 0 Å². The minimum Gasteiger partial charge on any atom is -0.457 e. The number of aromatic nitrogens is 4. The second-order valence-electron chi connectivity index (χ2n) is 5.36. The summed E-state index contributed by atoms with van der Waals surface area (Å²) < 4.78 is 35.1. The van der Waals surface area contributed by atoms with E-state index < -0.39 is 16.3 Å². The van der Waals surface area contributed by atoms with Crippen molar-refractivity contribution in [1.29, 1.82) is 0 Å². The average molecular weight is 338 g/mol. The molecule has 124 valence electrons. The number of nitrogens with zero attached hydrogens (tertiary/aromatic N) is 6. The molecule has 1 unspecified atom stereocenters. The molecule has 0 aromatic carbocycles. The third kappa shape index (κ3) is 3.33. The lowest BCUT2D eigenvalue weighted by Crippen LogP contribution is -2.44. The van der Waals surface area contributed by atoms with Crippen LogP contribution in [-0.2, 0) is 23.3 Å². The summed E-state index contributed by atoms with van der Waals surface area (Å²) in [5.74, 6) is 0. The summed E-state index contributed by atoms with van der Waals surface area (Å²) >= 11 is 0. The number of rotatable bonds is 4. The van der Waals surface area contributed by atoms with Crippen molar-refractivity contribution in [3.8, 4) is 6.01 Å². The molecule has 0 radical (unpaired) electrons. The highest BCUT2D eigenvalue weighted by Gasteiger charge is 2.32. The molecule has 1 aliphatic rings. The molecule has 3 rings (SSSR count). The fraction of sp³-hybridized carbons (Fsp3) is 0.462. The van der Waals surface area contributed by atoms with Gasteiger partial charge in [-0.05, 0) is 12.1 Å². The lowest BCUT2D eigenvalue weighted by atomic mass is 10.3. The third-order valence-electron chi connectivity index (χ3n) is 3.53. The largest absolute Gasteiger partial charge is 0.457 e. The Balaban J connectivity index is 1.89. The van der Waals surface area contributed by atoms with Gasteiger partial charge in [0.2, 0.25) is 0 Å². The smallest absolute Gasteiger partial charge is 0.316 e. The van der Waals surface area contributed by atoms with Crippen LogP contribution in [0.15, 0.2) is 30.7 Å². The zero-order valence-electron chi connectivity index (χ0n) is 12.9. The minimum absolute atomic E-state index is 0.197. The van der Waals surface area contributed by atoms with Gasteiger partial charge in [0.05, 0.1) is 25.3 Å². The van der Waals surface area contributed by atoms with E-state index in [0.29, 0.717) is 6.54 Å². The Morgan fingerprint density at radius 2 is 1.96 bits per heavy atom. The van der Waals surface area contributed by atoms with Gasteiger partial charge in [-0.15, -0.1) is 0 Å². The summed E-state index contributed by atoms with van der Waals surface area (Å²) in [7, 11) is -0.549. The topological polar surface area (TPSA) is 93.5 Å². The molecule has 0 saturated heterocycles. The molecule has 9 nitrogen and oxygen atoms in total. The molecule has 0 aliphatic carbocycles. The van der Waals surface area contributed by atoms with Crippen LogP contribution in [0.4, 0.5) is 0 Å². The SMILES string of the molecule is CN(C)S(=O)(=O)N1Cc2ccnn2CC(Oc2ncccn2)C1. The number of fused-ring (bicyclic) bond motifs is 1. The monoisotopic (exact) mass is 338 g/mol. The van der Waals surface area contributed by atoms with Crippen LogP contribution in [0.25, 0.3) is 0 Å². The van der Waals surface area contributed by atoms with Crippen LogP contribution in [-0.4, -0.2) is 63.5 Å². The molecule has 0 bridgehead atoms. The van der Waals surface area contributed by atoms with E-state index in [2.05, 4.69) is 15.1 Å². The highest BCUT2D eigenvalue weighted by Crippen LogP contribution is 2.18. The maximum Gasteiger partial charge on any atom is 0.316 e. The first-order chi connectivity index (χ1) is 11.0. The lowest BCUT2D eigenvalue weighted by Gasteiger charge is -2.26. The van der Waals surface area contributed by atoms with Gasteiger partial charge >= 0.3 is 6.01 Å². The molecule has 23 heavy (non-hydrogen) atoms. The Morgan fingerprint density at radius 1 is 1.22 bits per heavy atom. The van der Waals surface area contributed by atoms with E-state index in [0.717, 1.165) is 5.69 Å². The summed E-state index contributed by atoms with van der Waals surface area (Å²) in [6, 6.07) is 3.71. The van der Waals surface area contributed by atoms with Crippen molar-refractivity contribution in [1.82, 2.24) is 28.4 Å². The highest BCUT2D eigenvalue weighted by molar-refractivity contribution is 7.86. The van der Waals surface area contributed by atoms with Gasteiger partial charge in [0.1, 0.15) is 6.10 Å². The summed E-state index contributed by atoms with van der Waals surface area (Å²) in [6.07, 6.45) is 4.37. The first-order valence-electron chi connectivity index (χ1n) is 7.09. The van der Waals surface area contributed by atoms with Gasteiger partial charge < -0.3 is 4.74 Å². The van der Waals surface area contributed by atoms with Crippen molar-refractivity contribution in [2.45, 2.75) is 19.2 Å². The Morgan fingerprint density at radius 3 is 2.65 bits per heavy atom. The van der Waals surface area contributed by atoms with Crippen molar-refractivity contribution in [3.63, 3.8) is 0 Å². The van der Waals surface area contributed by atoms with E-state index in [-0.39, 0.29) is 19.1 Å². The van der Waals surface area contributed by atoms with Gasteiger partial charge in [0, 0.05) is 32.7 Å². The van der Waals surface area contributed by atoms with E-state index >= 15 is 0 Å². The summed E-state index contributed by atoms with van der Waals surface area (Å²) in [6.45, 7) is 0.873. The molecule has 0 saturated carbocycles. The van der Waals surface area contributed by atoms with E-state index in [1.165, 1.54) is 22.7 Å². The van der Waals surface area contributed by atoms with Gasteiger partial charge in [-0.3, -0.25) is 4.68 Å². The number of ether oxygens (including phenoxy) is 1. The summed E-state index contributed by atoms with van der Waals surface area (Å²) in [4.78, 5) is 8.06. The molecule has 2 aromatic heterocycles. The molecule has 0 spiro atoms. The van der Waals surface area contributed by atoms with Crippen molar-refractivity contribution < 1.29 is 13.2 Å². The first-order valence-corrected chi connectivity index (χ1v) is 8.48. The third-order valence-corrected chi connectivity index (χ3v) is 5.38. The fourth-order valence-corrected chi connectivity index (χ4v) is 3.47. The Bertz CT molecular complexity index is 761. The molecule has 0 N–H and O–H groups in total. The van der Waals surface area contributed by atoms with E-state index in [4.69, 9.17) is 4.74 Å². The molecule has 3 heterocycles. The summed E-state index contributed by atoms with van der Waals surface area (Å²) in [5.41, 5.74) is 0.815. The second-order valence-corrected chi connectivity index (χ2v) is 7.50. The highest BCUT2D eigenvalue weighted by atomic mass is 32.2. The van der Waals surface area contributed by atoms with Gasteiger partial charge in [-0.2, -0.15) is 22.1 Å². The number of hydrogen-bond donors (Lipinski definition) is 0. The van der Waals surface area contributed by atoms with Crippen molar-refractivity contribution >= 4 is 10.2 Å². The van der Waals surface area contributed by atoms with E-state index in [1.54, 1.807) is 35.4 Å². The average Bonchev–Trinajstić information content (AvgIpc) is 2.87. The normalized spacial score (nSPS) is 19.3. The quantitative estimate of drug-likeness (QED) is 0.763. The van der Waals surface area contributed by atoms with Gasteiger partial charge in [-0.1, -0.05) is 0 Å². The standard InChI is InChI=1S/C13H18N6O3S/c1-17(2)23(20,21)18-8-11-4-7-16-19(11)10-12(9-18)22-13-14-5-3-6-15-13/h3-7,12H,8-10H2,1-2H3. The Hall–Kier alpha value is -2.04. The maximum absolute atomic E-state index is 12.5. The van der Waals surface area contributed by atoms with Crippen LogP contribution < -0.4 is 4.74 Å². The molecule has 2 aromatic rings. The van der Waals surface area contributed by atoms with Gasteiger partial charge in [0.25, 0.3) is 10.2 Å². The Labute approximate surface area is 134 Å². The van der Waals surface area contributed by atoms with Crippen molar-refractivity contribution in [2.24, 2.45) is 0 Å². The lowest BCUT2D eigenvalue weighted by molar-refractivity contribution is 0.142. The molecule has 0 fully saturated rings. The zero-order valence-corrected chi connectivity index (χ0v) is 13.7. The molecule has 1 aliphatic heterocycles. The predicted molar refractivity (Wildman–Crippen MR) is 81.7 cm³/mol. The number of hydrogen-bond acceptors (Lipinski definition) is 6. The molecule has 0 amide bonds. The van der Waals surface area contributed by atoms with Gasteiger partial charge in [-0.25, -0.2) is 9.97 Å². The predicted octanol–water partition coefficient (Wildman–Crippen LogP) is -0.257. The molecule has 1 atom stereocenters. The van der Waals surface area contributed by atoms with Crippen LogP contribution in [0.1, 0.15) is 5.69 Å². The maximum atomic E-state index is 12.5. The van der Waals surface area contributed by atoms with Crippen LogP contribution in [0, 0.1) is 0 Å². The molecule has 10 heteroatoms. The summed E-state index contributed by atoms with van der Waals surface area (Å²) in [5, 5.41) is 4.23. The van der Waals surface area contributed by atoms with Crippen LogP contribution in [0.2, 0.25) is 0 Å². The molecular formula is C13H18N6O3S. The van der Waals surface area contributed by atoms with E-state index in [9.17, 15) is 8.42 Å². The van der Waals surface area contributed by atoms with Gasteiger partial charge in [0.15, 0.2) is 0 Å². The van der Waals surface area contributed by atoms with Crippen LogP contribution in [0.3, 0.4) is 0 Å². The second kappa shape index (κ2) is 6.22. The zero-order chi connectivity index (χ0) is 16.4. The Kier molecular flexibility index (Phi) is 4.28. The van der Waals surface area contributed by atoms with Crippen molar-refractivity contribution in [3.05, 3.63) is 36.4 Å². The molecular weight excluding hydrogens is 320 g/mol. The van der Waals surface area contributed by atoms with Crippen LogP contribution >= 0.6 is 0 Å². The first kappa shape index (κ1) is 15.8.